The summed E-state index contributed by atoms with van der Waals surface area (Å²) in [6.45, 7) is 6.55. The molecule has 0 aliphatic heterocycles. The first kappa shape index (κ1) is 23.8. The van der Waals surface area contributed by atoms with E-state index in [9.17, 15) is 4.79 Å². The van der Waals surface area contributed by atoms with Crippen molar-refractivity contribution >= 4 is 35.1 Å². The lowest BCUT2D eigenvalue weighted by molar-refractivity contribution is -0.113. The number of nitrogens with zero attached hydrogens (tertiary/aromatic N) is 5. The fraction of sp³-hybridized carbons (Fsp3) is 0.250. The first-order valence-electron chi connectivity index (χ1n) is 10.9. The molecule has 0 aliphatic rings. The van der Waals surface area contributed by atoms with Gasteiger partial charge in [0.05, 0.1) is 18.6 Å². The van der Waals surface area contributed by atoms with Gasteiger partial charge in [-0.1, -0.05) is 35.5 Å². The van der Waals surface area contributed by atoms with Gasteiger partial charge in [-0.05, 0) is 57.2 Å². The maximum atomic E-state index is 12.7. The quantitative estimate of drug-likeness (QED) is 0.308. The Balaban J connectivity index is 1.60. The number of ether oxygens (including phenoxy) is 1. The van der Waals surface area contributed by atoms with Crippen LogP contribution in [0.2, 0.25) is 5.02 Å². The monoisotopic (exact) mass is 496 g/mol. The number of hydrogen-bond donors (Lipinski definition) is 1. The van der Waals surface area contributed by atoms with Gasteiger partial charge >= 0.3 is 0 Å². The summed E-state index contributed by atoms with van der Waals surface area (Å²) in [5.74, 6) is 2.08. The lowest BCUT2D eigenvalue weighted by atomic mass is 10.2. The number of anilines is 1. The first-order chi connectivity index (χ1) is 16.5. The van der Waals surface area contributed by atoms with Gasteiger partial charge in [0.2, 0.25) is 5.91 Å². The van der Waals surface area contributed by atoms with Gasteiger partial charge in [-0.25, -0.2) is 4.68 Å². The van der Waals surface area contributed by atoms with Gasteiger partial charge in [0.25, 0.3) is 0 Å². The highest BCUT2D eigenvalue weighted by Crippen LogP contribution is 2.30. The molecule has 0 saturated heterocycles. The Hall–Kier alpha value is -3.30. The van der Waals surface area contributed by atoms with E-state index >= 15 is 0 Å². The molecular formula is C24H25ClN6O2S. The average molecular weight is 497 g/mol. The van der Waals surface area contributed by atoms with Crippen molar-refractivity contribution in [3.8, 4) is 22.8 Å². The van der Waals surface area contributed by atoms with Crippen LogP contribution in [0, 0.1) is 0 Å². The Labute approximate surface area is 207 Å². The third-order valence-corrected chi connectivity index (χ3v) is 6.05. The molecule has 2 aromatic heterocycles. The molecule has 0 fully saturated rings. The van der Waals surface area contributed by atoms with Crippen LogP contribution < -0.4 is 10.1 Å². The second-order valence-electron chi connectivity index (χ2n) is 7.67. The minimum atomic E-state index is -0.155. The number of nitrogens with one attached hydrogen (secondary N) is 1. The zero-order valence-corrected chi connectivity index (χ0v) is 20.7. The van der Waals surface area contributed by atoms with Gasteiger partial charge in [-0.2, -0.15) is 5.10 Å². The van der Waals surface area contributed by atoms with Gasteiger partial charge in [0, 0.05) is 28.4 Å². The Morgan fingerprint density at radius 3 is 2.65 bits per heavy atom. The second-order valence-corrected chi connectivity index (χ2v) is 9.05. The van der Waals surface area contributed by atoms with Crippen LogP contribution in [0.1, 0.15) is 26.8 Å². The third-order valence-electron chi connectivity index (χ3n) is 4.88. The summed E-state index contributed by atoms with van der Waals surface area (Å²) >= 11 is 7.53. The van der Waals surface area contributed by atoms with Crippen LogP contribution in [0.5, 0.6) is 5.75 Å². The van der Waals surface area contributed by atoms with Crippen molar-refractivity contribution in [2.75, 3.05) is 17.7 Å². The van der Waals surface area contributed by atoms with E-state index in [4.69, 9.17) is 16.3 Å². The molecule has 176 valence electrons. The fourth-order valence-electron chi connectivity index (χ4n) is 3.40. The number of benzene rings is 2. The van der Waals surface area contributed by atoms with E-state index in [0.717, 1.165) is 17.0 Å². The fourth-order valence-corrected chi connectivity index (χ4v) is 4.34. The maximum absolute atomic E-state index is 12.7. The van der Waals surface area contributed by atoms with E-state index in [1.54, 1.807) is 16.9 Å². The Morgan fingerprint density at radius 1 is 1.15 bits per heavy atom. The van der Waals surface area contributed by atoms with Gasteiger partial charge in [0.1, 0.15) is 11.6 Å². The van der Waals surface area contributed by atoms with E-state index in [0.29, 0.717) is 28.4 Å². The average Bonchev–Trinajstić information content (AvgIpc) is 3.46. The lowest BCUT2D eigenvalue weighted by Crippen LogP contribution is -2.18. The van der Waals surface area contributed by atoms with Crippen LogP contribution in [0.3, 0.4) is 0 Å². The summed E-state index contributed by atoms with van der Waals surface area (Å²) in [6, 6.07) is 17.0. The van der Waals surface area contributed by atoms with E-state index in [1.165, 1.54) is 11.8 Å². The van der Waals surface area contributed by atoms with Crippen LogP contribution in [0.25, 0.3) is 17.1 Å². The maximum Gasteiger partial charge on any atom is 0.235 e. The van der Waals surface area contributed by atoms with Gasteiger partial charge in [-0.15, -0.1) is 10.2 Å². The molecule has 0 aliphatic carbocycles. The number of hydrogen-bond acceptors (Lipinski definition) is 6. The highest BCUT2D eigenvalue weighted by Gasteiger charge is 2.18. The molecule has 1 amide bonds. The Kier molecular flexibility index (Phi) is 7.54. The number of thioether (sulfide) groups is 1. The standard InChI is InChI=1S/C24H25ClN6O2S/c1-4-33-20-10-8-19(9-11-20)30-23(17-6-5-7-18(25)14-17)28-29-24(30)34-15-22(32)27-21-12-13-26-31(21)16(2)3/h5-14,16H,4,15H2,1-3H3,(H,27,32). The summed E-state index contributed by atoms with van der Waals surface area (Å²) in [4.78, 5) is 12.7. The number of amides is 1. The van der Waals surface area contributed by atoms with Crippen molar-refractivity contribution in [2.24, 2.45) is 0 Å². The molecule has 0 unspecified atom stereocenters. The molecule has 10 heteroatoms. The third kappa shape index (κ3) is 5.43. The molecule has 0 bridgehead atoms. The predicted octanol–water partition coefficient (Wildman–Crippen LogP) is 5.49. The minimum absolute atomic E-state index is 0.140. The van der Waals surface area contributed by atoms with Crippen molar-refractivity contribution in [3.05, 3.63) is 65.8 Å². The van der Waals surface area contributed by atoms with Gasteiger partial charge in [-0.3, -0.25) is 9.36 Å². The Bertz CT molecular complexity index is 1270. The largest absolute Gasteiger partial charge is 0.494 e. The van der Waals surface area contributed by atoms with Crippen LogP contribution in [-0.2, 0) is 4.79 Å². The summed E-state index contributed by atoms with van der Waals surface area (Å²) < 4.78 is 9.25. The predicted molar refractivity (Wildman–Crippen MR) is 135 cm³/mol. The normalized spacial score (nSPS) is 11.1. The van der Waals surface area contributed by atoms with E-state index < -0.39 is 0 Å². The van der Waals surface area contributed by atoms with Crippen molar-refractivity contribution < 1.29 is 9.53 Å². The number of rotatable bonds is 9. The van der Waals surface area contributed by atoms with Crippen molar-refractivity contribution in [1.82, 2.24) is 24.5 Å². The molecule has 2 heterocycles. The van der Waals surface area contributed by atoms with E-state index in [1.807, 2.05) is 73.9 Å². The molecule has 1 N–H and O–H groups in total. The molecule has 8 nitrogen and oxygen atoms in total. The molecule has 34 heavy (non-hydrogen) atoms. The summed E-state index contributed by atoms with van der Waals surface area (Å²) in [5, 5.41) is 17.2. The smallest absolute Gasteiger partial charge is 0.235 e. The lowest BCUT2D eigenvalue weighted by Gasteiger charge is -2.13. The second kappa shape index (κ2) is 10.8. The summed E-state index contributed by atoms with van der Waals surface area (Å²) in [6.07, 6.45) is 1.67. The molecule has 4 aromatic rings. The molecule has 2 aromatic carbocycles. The molecule has 0 spiro atoms. The zero-order chi connectivity index (χ0) is 24.1. The van der Waals surface area contributed by atoms with Gasteiger partial charge < -0.3 is 10.1 Å². The minimum Gasteiger partial charge on any atom is -0.494 e. The molecule has 0 atom stereocenters. The van der Waals surface area contributed by atoms with Gasteiger partial charge in [0.15, 0.2) is 11.0 Å². The molecule has 4 rings (SSSR count). The number of carbonyl (C=O) groups is 1. The number of carbonyl (C=O) groups excluding carboxylic acids is 1. The SMILES string of the molecule is CCOc1ccc(-n2c(SCC(=O)Nc3ccnn3C(C)C)nnc2-c2cccc(Cl)c2)cc1. The van der Waals surface area contributed by atoms with E-state index in [-0.39, 0.29) is 17.7 Å². The Morgan fingerprint density at radius 2 is 1.94 bits per heavy atom. The molecule has 0 radical (unpaired) electrons. The number of halogens is 1. The highest BCUT2D eigenvalue weighted by molar-refractivity contribution is 7.99. The van der Waals surface area contributed by atoms with Crippen LogP contribution in [-0.4, -0.2) is 42.8 Å². The molecular weight excluding hydrogens is 472 g/mol. The van der Waals surface area contributed by atoms with Crippen LogP contribution in [0.4, 0.5) is 5.82 Å². The first-order valence-corrected chi connectivity index (χ1v) is 12.2. The highest BCUT2D eigenvalue weighted by atomic mass is 35.5. The van der Waals surface area contributed by atoms with Crippen LogP contribution in [0.15, 0.2) is 66.0 Å². The van der Waals surface area contributed by atoms with Crippen molar-refractivity contribution in [1.29, 1.82) is 0 Å². The topological polar surface area (TPSA) is 86.9 Å². The molecule has 0 saturated carbocycles. The van der Waals surface area contributed by atoms with Crippen molar-refractivity contribution in [2.45, 2.75) is 32.0 Å². The zero-order valence-electron chi connectivity index (χ0n) is 19.1. The van der Waals surface area contributed by atoms with Crippen molar-refractivity contribution in [3.63, 3.8) is 0 Å². The van der Waals surface area contributed by atoms with E-state index in [2.05, 4.69) is 20.6 Å². The number of aromatic nitrogens is 5. The van der Waals surface area contributed by atoms with Crippen LogP contribution >= 0.6 is 23.4 Å². The summed E-state index contributed by atoms with van der Waals surface area (Å²) in [7, 11) is 0. The summed E-state index contributed by atoms with van der Waals surface area (Å²) in [5.41, 5.74) is 1.68.